The van der Waals surface area contributed by atoms with Gasteiger partial charge in [0.15, 0.2) is 0 Å². The average Bonchev–Trinajstić information content (AvgIpc) is 1.80. The van der Waals surface area contributed by atoms with Crippen LogP contribution >= 0.6 is 12.2 Å². The van der Waals surface area contributed by atoms with Crippen molar-refractivity contribution in [3.05, 3.63) is 0 Å². The van der Waals surface area contributed by atoms with E-state index in [1.807, 2.05) is 0 Å². The van der Waals surface area contributed by atoms with Gasteiger partial charge in [0, 0.05) is 5.92 Å². The highest BCUT2D eigenvalue weighted by molar-refractivity contribution is 7.80. The van der Waals surface area contributed by atoms with Crippen LogP contribution in [0.4, 0.5) is 13.2 Å². The molecule has 0 amide bonds. The average molecular weight is 185 g/mol. The van der Waals surface area contributed by atoms with Crippen molar-refractivity contribution < 1.29 is 13.2 Å². The molecule has 11 heavy (non-hydrogen) atoms. The fourth-order valence-corrected chi connectivity index (χ4v) is 0.464. The molecule has 0 saturated heterocycles. The second kappa shape index (κ2) is 3.90. The van der Waals surface area contributed by atoms with Gasteiger partial charge in [-0.1, -0.05) is 26.1 Å². The molecule has 0 saturated carbocycles. The van der Waals surface area contributed by atoms with Gasteiger partial charge < -0.3 is 5.32 Å². The van der Waals surface area contributed by atoms with Gasteiger partial charge in [-0.15, -0.1) is 0 Å². The molecule has 0 rings (SSSR count). The first kappa shape index (κ1) is 10.7. The fraction of sp³-hybridized carbons (Fsp3) is 0.833. The minimum absolute atomic E-state index is 0.0349. The number of rotatable bonds is 2. The maximum Gasteiger partial charge on any atom is 0.405 e. The summed E-state index contributed by atoms with van der Waals surface area (Å²) in [4.78, 5) is 0.252. The Kier molecular flexibility index (Phi) is 3.78. The standard InChI is InChI=1S/C6H10F3NS/c1-4(2)5(11)10-3-6(7,8)9/h4H,3H2,1-2H3,(H,10,11). The zero-order chi connectivity index (χ0) is 9.07. The number of hydrogen-bond donors (Lipinski definition) is 1. The largest absolute Gasteiger partial charge is 0.405 e. The molecule has 1 nitrogen and oxygen atoms in total. The van der Waals surface area contributed by atoms with Crippen molar-refractivity contribution in [3.63, 3.8) is 0 Å². The summed E-state index contributed by atoms with van der Waals surface area (Å²) < 4.78 is 34.7. The van der Waals surface area contributed by atoms with Gasteiger partial charge in [0.05, 0.1) is 4.99 Å². The minimum atomic E-state index is -4.18. The normalized spacial score (nSPS) is 11.8. The van der Waals surface area contributed by atoms with E-state index in [1.54, 1.807) is 13.8 Å². The summed E-state index contributed by atoms with van der Waals surface area (Å²) >= 11 is 4.63. The molecular formula is C6H10F3NS. The molecule has 0 aromatic heterocycles. The number of hydrogen-bond acceptors (Lipinski definition) is 1. The van der Waals surface area contributed by atoms with Gasteiger partial charge in [-0.3, -0.25) is 0 Å². The summed E-state index contributed by atoms with van der Waals surface area (Å²) in [5.74, 6) is -0.0349. The van der Waals surface area contributed by atoms with Gasteiger partial charge in [-0.25, -0.2) is 0 Å². The molecule has 1 N–H and O–H groups in total. The van der Waals surface area contributed by atoms with Crippen LogP contribution in [-0.2, 0) is 0 Å². The zero-order valence-electron chi connectivity index (χ0n) is 6.33. The molecule has 0 heterocycles. The van der Waals surface area contributed by atoms with Crippen molar-refractivity contribution in [2.45, 2.75) is 20.0 Å². The van der Waals surface area contributed by atoms with Crippen molar-refractivity contribution in [1.29, 1.82) is 0 Å². The van der Waals surface area contributed by atoms with Crippen LogP contribution in [-0.4, -0.2) is 17.7 Å². The molecule has 0 bridgehead atoms. The summed E-state index contributed by atoms with van der Waals surface area (Å²) in [6.45, 7) is 2.45. The molecule has 0 aromatic carbocycles. The lowest BCUT2D eigenvalue weighted by Gasteiger charge is -2.12. The molecule has 0 radical (unpaired) electrons. The maximum absolute atomic E-state index is 11.6. The monoisotopic (exact) mass is 185 g/mol. The Hall–Kier alpha value is -0.320. The van der Waals surface area contributed by atoms with Crippen LogP contribution in [0, 0.1) is 5.92 Å². The van der Waals surface area contributed by atoms with Crippen LogP contribution in [0.2, 0.25) is 0 Å². The lowest BCUT2D eigenvalue weighted by molar-refractivity contribution is -0.122. The number of nitrogens with one attached hydrogen (secondary N) is 1. The van der Waals surface area contributed by atoms with Crippen LogP contribution in [0.25, 0.3) is 0 Å². The second-order valence-electron chi connectivity index (χ2n) is 2.49. The van der Waals surface area contributed by atoms with Gasteiger partial charge in [-0.2, -0.15) is 13.2 Å². The molecule has 0 aliphatic heterocycles. The third-order valence-electron chi connectivity index (χ3n) is 0.987. The number of halogens is 3. The minimum Gasteiger partial charge on any atom is -0.371 e. The summed E-state index contributed by atoms with van der Waals surface area (Å²) in [5.41, 5.74) is 0. The Morgan fingerprint density at radius 2 is 1.91 bits per heavy atom. The Morgan fingerprint density at radius 1 is 1.45 bits per heavy atom. The predicted octanol–water partition coefficient (Wildman–Crippen LogP) is 2.12. The van der Waals surface area contributed by atoms with E-state index in [-0.39, 0.29) is 10.9 Å². The van der Waals surface area contributed by atoms with E-state index < -0.39 is 12.7 Å². The molecule has 0 aliphatic carbocycles. The van der Waals surface area contributed by atoms with Crippen LogP contribution in [0.1, 0.15) is 13.8 Å². The molecule has 0 aromatic rings. The molecule has 66 valence electrons. The van der Waals surface area contributed by atoms with Crippen molar-refractivity contribution in [2.75, 3.05) is 6.54 Å². The molecular weight excluding hydrogens is 175 g/mol. The lowest BCUT2D eigenvalue weighted by atomic mass is 10.2. The molecule has 0 unspecified atom stereocenters. The van der Waals surface area contributed by atoms with E-state index in [1.165, 1.54) is 0 Å². The van der Waals surface area contributed by atoms with E-state index in [9.17, 15) is 13.2 Å². The second-order valence-corrected chi connectivity index (χ2v) is 2.93. The summed E-state index contributed by atoms with van der Waals surface area (Å²) in [7, 11) is 0. The van der Waals surface area contributed by atoms with Gasteiger partial charge in [0.25, 0.3) is 0 Å². The summed E-state index contributed by atoms with van der Waals surface area (Å²) in [5, 5.41) is 2.13. The quantitative estimate of drug-likeness (QED) is 0.661. The van der Waals surface area contributed by atoms with E-state index >= 15 is 0 Å². The predicted molar refractivity (Wildman–Crippen MR) is 41.5 cm³/mol. The van der Waals surface area contributed by atoms with Crippen molar-refractivity contribution >= 4 is 17.2 Å². The van der Waals surface area contributed by atoms with Crippen LogP contribution < -0.4 is 5.32 Å². The van der Waals surface area contributed by atoms with Crippen molar-refractivity contribution in [2.24, 2.45) is 5.92 Å². The number of alkyl halides is 3. The van der Waals surface area contributed by atoms with E-state index in [0.717, 1.165) is 0 Å². The zero-order valence-corrected chi connectivity index (χ0v) is 7.14. The highest BCUT2D eigenvalue weighted by atomic mass is 32.1. The first-order chi connectivity index (χ1) is 4.83. The number of thiocarbonyl (C=S) groups is 1. The van der Waals surface area contributed by atoms with Crippen molar-refractivity contribution in [1.82, 2.24) is 5.32 Å². The third kappa shape index (κ3) is 6.09. The molecule has 0 fully saturated rings. The highest BCUT2D eigenvalue weighted by Crippen LogP contribution is 2.12. The molecule has 0 aliphatic rings. The van der Waals surface area contributed by atoms with E-state index in [0.29, 0.717) is 0 Å². The summed E-state index contributed by atoms with van der Waals surface area (Å²) in [6.07, 6.45) is -4.18. The topological polar surface area (TPSA) is 12.0 Å². The Labute approximate surface area is 69.0 Å². The van der Waals surface area contributed by atoms with Gasteiger partial charge in [0.1, 0.15) is 6.54 Å². The fourth-order valence-electron chi connectivity index (χ4n) is 0.391. The van der Waals surface area contributed by atoms with E-state index in [2.05, 4.69) is 17.5 Å². The first-order valence-electron chi connectivity index (χ1n) is 3.17. The SMILES string of the molecule is CC(C)C(=S)NCC(F)(F)F. The Morgan fingerprint density at radius 3 is 2.18 bits per heavy atom. The molecule has 5 heteroatoms. The van der Waals surface area contributed by atoms with E-state index in [4.69, 9.17) is 0 Å². The smallest absolute Gasteiger partial charge is 0.371 e. The molecule has 0 atom stereocenters. The Bertz CT molecular complexity index is 141. The maximum atomic E-state index is 11.6. The van der Waals surface area contributed by atoms with Crippen molar-refractivity contribution in [3.8, 4) is 0 Å². The van der Waals surface area contributed by atoms with Crippen LogP contribution in [0.5, 0.6) is 0 Å². The lowest BCUT2D eigenvalue weighted by Crippen LogP contribution is -2.34. The highest BCUT2D eigenvalue weighted by Gasteiger charge is 2.27. The van der Waals surface area contributed by atoms with Crippen LogP contribution in [0.3, 0.4) is 0 Å². The molecule has 0 spiro atoms. The summed E-state index contributed by atoms with van der Waals surface area (Å²) in [6, 6.07) is 0. The van der Waals surface area contributed by atoms with Crippen LogP contribution in [0.15, 0.2) is 0 Å². The van der Waals surface area contributed by atoms with Gasteiger partial charge in [0.2, 0.25) is 0 Å². The van der Waals surface area contributed by atoms with Gasteiger partial charge in [-0.05, 0) is 0 Å². The third-order valence-corrected chi connectivity index (χ3v) is 1.60. The first-order valence-corrected chi connectivity index (χ1v) is 3.58. The Balaban J connectivity index is 3.64. The van der Waals surface area contributed by atoms with Gasteiger partial charge >= 0.3 is 6.18 Å².